The summed E-state index contributed by atoms with van der Waals surface area (Å²) in [6.07, 6.45) is 15.9. The maximum absolute atomic E-state index is 11.4. The number of rotatable bonds is 6. The molecule has 1 aromatic carbocycles. The van der Waals surface area contributed by atoms with Crippen molar-refractivity contribution in [2.45, 2.75) is 93.5 Å². The van der Waals surface area contributed by atoms with Gasteiger partial charge in [0.1, 0.15) is 6.29 Å². The van der Waals surface area contributed by atoms with Gasteiger partial charge >= 0.3 is 0 Å². The van der Waals surface area contributed by atoms with Gasteiger partial charge in [0.05, 0.1) is 12.7 Å². The normalized spacial score (nSPS) is 34.0. The average molecular weight is 387 g/mol. The van der Waals surface area contributed by atoms with Crippen molar-refractivity contribution in [3.8, 4) is 0 Å². The molecule has 0 radical (unpaired) electrons. The van der Waals surface area contributed by atoms with E-state index in [1.54, 1.807) is 0 Å². The monoisotopic (exact) mass is 386 g/mol. The van der Waals surface area contributed by atoms with Crippen LogP contribution < -0.4 is 0 Å². The SMILES string of the molecule is O=CC1CCCCCC1Sc1ccc(COC2CCCCCC3CC32)cc1. The van der Waals surface area contributed by atoms with E-state index >= 15 is 0 Å². The van der Waals surface area contributed by atoms with Gasteiger partial charge in [-0.2, -0.15) is 0 Å². The van der Waals surface area contributed by atoms with Crippen molar-refractivity contribution in [1.29, 1.82) is 0 Å². The summed E-state index contributed by atoms with van der Waals surface area (Å²) in [7, 11) is 0. The highest BCUT2D eigenvalue weighted by Crippen LogP contribution is 2.48. The van der Waals surface area contributed by atoms with E-state index in [0.29, 0.717) is 11.4 Å². The van der Waals surface area contributed by atoms with E-state index in [0.717, 1.165) is 24.9 Å². The first kappa shape index (κ1) is 19.5. The van der Waals surface area contributed by atoms with Gasteiger partial charge in [0.15, 0.2) is 0 Å². The smallest absolute Gasteiger partial charge is 0.124 e. The number of hydrogen-bond acceptors (Lipinski definition) is 3. The van der Waals surface area contributed by atoms with Crippen molar-refractivity contribution >= 4 is 18.0 Å². The number of aldehydes is 1. The molecule has 27 heavy (non-hydrogen) atoms. The van der Waals surface area contributed by atoms with Crippen molar-refractivity contribution in [3.05, 3.63) is 29.8 Å². The van der Waals surface area contributed by atoms with Crippen molar-refractivity contribution in [2.24, 2.45) is 17.8 Å². The molecule has 2 nitrogen and oxygen atoms in total. The molecule has 0 aromatic heterocycles. The lowest BCUT2D eigenvalue weighted by molar-refractivity contribution is -0.111. The molecule has 3 heteroatoms. The predicted octanol–water partition coefficient (Wildman–Crippen LogP) is 6.41. The number of fused-ring (bicyclic) bond motifs is 1. The molecule has 3 saturated carbocycles. The first-order valence-corrected chi connectivity index (χ1v) is 12.0. The largest absolute Gasteiger partial charge is 0.373 e. The van der Waals surface area contributed by atoms with Gasteiger partial charge in [0.25, 0.3) is 0 Å². The number of ether oxygens (including phenoxy) is 1. The third-order valence-corrected chi connectivity index (χ3v) is 8.30. The molecule has 148 valence electrons. The molecule has 0 bridgehead atoms. The number of carbonyl (C=O) groups excluding carboxylic acids is 1. The summed E-state index contributed by atoms with van der Waals surface area (Å²) >= 11 is 1.91. The Bertz CT molecular complexity index is 599. The minimum Gasteiger partial charge on any atom is -0.373 e. The molecule has 3 aliphatic rings. The Kier molecular flexibility index (Phi) is 6.94. The summed E-state index contributed by atoms with van der Waals surface area (Å²) in [4.78, 5) is 12.7. The molecule has 4 rings (SSSR count). The second kappa shape index (κ2) is 9.60. The zero-order valence-electron chi connectivity index (χ0n) is 16.5. The first-order valence-electron chi connectivity index (χ1n) is 11.2. The molecular formula is C24H34O2S. The van der Waals surface area contributed by atoms with E-state index in [9.17, 15) is 4.79 Å². The highest BCUT2D eigenvalue weighted by Gasteiger charge is 2.43. The van der Waals surface area contributed by atoms with Gasteiger partial charge in [-0.1, -0.05) is 57.1 Å². The van der Waals surface area contributed by atoms with Crippen LogP contribution in [0, 0.1) is 17.8 Å². The number of thioether (sulfide) groups is 1. The van der Waals surface area contributed by atoms with Crippen LogP contribution in [0.3, 0.4) is 0 Å². The van der Waals surface area contributed by atoms with Crippen molar-refractivity contribution in [2.75, 3.05) is 0 Å². The predicted molar refractivity (Wildman–Crippen MR) is 112 cm³/mol. The highest BCUT2D eigenvalue weighted by atomic mass is 32.2. The Morgan fingerprint density at radius 1 is 0.926 bits per heavy atom. The maximum Gasteiger partial charge on any atom is 0.124 e. The molecule has 5 unspecified atom stereocenters. The third kappa shape index (κ3) is 5.38. The van der Waals surface area contributed by atoms with Crippen molar-refractivity contribution in [3.63, 3.8) is 0 Å². The average Bonchev–Trinajstić information content (AvgIpc) is 3.46. The Morgan fingerprint density at radius 3 is 2.48 bits per heavy atom. The molecule has 0 aliphatic heterocycles. The van der Waals surface area contributed by atoms with E-state index in [4.69, 9.17) is 4.74 Å². The lowest BCUT2D eigenvalue weighted by atomic mass is 9.98. The minimum atomic E-state index is 0.228. The Balaban J connectivity index is 1.29. The topological polar surface area (TPSA) is 26.3 Å². The molecule has 1 aromatic rings. The van der Waals surface area contributed by atoms with Crippen LogP contribution in [-0.2, 0) is 16.1 Å². The van der Waals surface area contributed by atoms with Gasteiger partial charge in [-0.15, -0.1) is 11.8 Å². The fraction of sp³-hybridized carbons (Fsp3) is 0.708. The lowest BCUT2D eigenvalue weighted by Crippen LogP contribution is -2.18. The van der Waals surface area contributed by atoms with Crippen LogP contribution in [0.2, 0.25) is 0 Å². The molecule has 3 aliphatic carbocycles. The second-order valence-corrected chi connectivity index (χ2v) is 10.2. The Labute approximate surface area is 168 Å². The van der Waals surface area contributed by atoms with Crippen LogP contribution in [0.5, 0.6) is 0 Å². The van der Waals surface area contributed by atoms with E-state index in [1.807, 2.05) is 11.8 Å². The third-order valence-electron chi connectivity index (χ3n) is 6.87. The van der Waals surface area contributed by atoms with Crippen LogP contribution in [-0.4, -0.2) is 17.6 Å². The van der Waals surface area contributed by atoms with E-state index < -0.39 is 0 Å². The molecule has 0 amide bonds. The fourth-order valence-electron chi connectivity index (χ4n) is 5.05. The van der Waals surface area contributed by atoms with Crippen LogP contribution >= 0.6 is 11.8 Å². The molecule has 5 atom stereocenters. The fourth-order valence-corrected chi connectivity index (χ4v) is 6.36. The first-order chi connectivity index (χ1) is 13.3. The summed E-state index contributed by atoms with van der Waals surface area (Å²) in [6.45, 7) is 0.749. The molecule has 0 N–H and O–H groups in total. The summed E-state index contributed by atoms with van der Waals surface area (Å²) in [5.41, 5.74) is 1.28. The van der Waals surface area contributed by atoms with Gasteiger partial charge in [-0.25, -0.2) is 0 Å². The summed E-state index contributed by atoms with van der Waals surface area (Å²) < 4.78 is 6.35. The quantitative estimate of drug-likeness (QED) is 0.417. The summed E-state index contributed by atoms with van der Waals surface area (Å²) in [5.74, 6) is 2.03. The Morgan fingerprint density at radius 2 is 1.67 bits per heavy atom. The van der Waals surface area contributed by atoms with Gasteiger partial charge in [-0.05, 0) is 55.2 Å². The highest BCUT2D eigenvalue weighted by molar-refractivity contribution is 8.00. The van der Waals surface area contributed by atoms with Gasteiger partial charge in [0, 0.05) is 16.1 Å². The van der Waals surface area contributed by atoms with Crippen molar-refractivity contribution in [1.82, 2.24) is 0 Å². The number of benzene rings is 1. The van der Waals surface area contributed by atoms with Gasteiger partial charge in [-0.3, -0.25) is 0 Å². The molecular weight excluding hydrogens is 352 g/mol. The van der Waals surface area contributed by atoms with Crippen LogP contribution in [0.1, 0.15) is 76.2 Å². The lowest BCUT2D eigenvalue weighted by Gasteiger charge is -2.21. The molecule has 0 heterocycles. The van der Waals surface area contributed by atoms with Gasteiger partial charge in [0.2, 0.25) is 0 Å². The van der Waals surface area contributed by atoms with Crippen LogP contribution in [0.4, 0.5) is 0 Å². The summed E-state index contributed by atoms with van der Waals surface area (Å²) in [6, 6.07) is 8.91. The van der Waals surface area contributed by atoms with E-state index in [1.165, 1.54) is 81.0 Å². The molecule has 0 spiro atoms. The van der Waals surface area contributed by atoms with E-state index in [-0.39, 0.29) is 5.92 Å². The maximum atomic E-state index is 11.4. The summed E-state index contributed by atoms with van der Waals surface area (Å²) in [5, 5.41) is 0.453. The van der Waals surface area contributed by atoms with Crippen molar-refractivity contribution < 1.29 is 9.53 Å². The minimum absolute atomic E-state index is 0.228. The van der Waals surface area contributed by atoms with Crippen LogP contribution in [0.15, 0.2) is 29.2 Å². The number of hydrogen-bond donors (Lipinski definition) is 0. The molecule has 3 fully saturated rings. The Hall–Kier alpha value is -0.800. The zero-order valence-corrected chi connectivity index (χ0v) is 17.3. The number of carbonyl (C=O) groups is 1. The standard InChI is InChI=1S/C24H34O2S/c25-16-20-8-4-2-6-10-24(20)27-21-13-11-18(12-14-21)17-26-23-9-5-1-3-7-19-15-22(19)23/h11-14,16,19-20,22-24H,1-10,15,17H2. The molecule has 0 saturated heterocycles. The second-order valence-electron chi connectivity index (χ2n) is 8.89. The van der Waals surface area contributed by atoms with Gasteiger partial charge < -0.3 is 9.53 Å². The van der Waals surface area contributed by atoms with Crippen LogP contribution in [0.25, 0.3) is 0 Å². The van der Waals surface area contributed by atoms with E-state index in [2.05, 4.69) is 24.3 Å². The zero-order chi connectivity index (χ0) is 18.5.